The summed E-state index contributed by atoms with van der Waals surface area (Å²) in [4.78, 5) is 9.45. The van der Waals surface area contributed by atoms with Gasteiger partial charge in [-0.1, -0.05) is 0 Å². The Morgan fingerprint density at radius 1 is 1.20 bits per heavy atom. The van der Waals surface area contributed by atoms with Crippen LogP contribution in [0.5, 0.6) is 0 Å². The fraction of sp³-hybridized carbons (Fsp3) is 1.00. The van der Waals surface area contributed by atoms with Gasteiger partial charge in [0.15, 0.2) is 0 Å². The van der Waals surface area contributed by atoms with Crippen molar-refractivity contribution in [3.8, 4) is 0 Å². The van der Waals surface area contributed by atoms with E-state index >= 15 is 0 Å². The van der Waals surface area contributed by atoms with Crippen LogP contribution in [0.1, 0.15) is 25.7 Å². The Morgan fingerprint density at radius 2 is 1.80 bits per heavy atom. The molecule has 0 aliphatic heterocycles. The van der Waals surface area contributed by atoms with Gasteiger partial charge in [-0.2, -0.15) is 0 Å². The van der Waals surface area contributed by atoms with E-state index in [1.807, 2.05) is 0 Å². The molecule has 3 nitrogen and oxygen atoms in total. The zero-order valence-corrected chi connectivity index (χ0v) is 6.25. The van der Waals surface area contributed by atoms with Crippen LogP contribution >= 0.6 is 0 Å². The highest BCUT2D eigenvalue weighted by molar-refractivity contribution is 4.70. The van der Waals surface area contributed by atoms with Crippen LogP contribution in [0, 0.1) is 0 Å². The van der Waals surface area contributed by atoms with Crippen LogP contribution in [0.25, 0.3) is 0 Å². The summed E-state index contributed by atoms with van der Waals surface area (Å²) in [5.41, 5.74) is 0. The monoisotopic (exact) mass is 146 g/mol. The lowest BCUT2D eigenvalue weighted by Crippen LogP contribution is -2.23. The van der Waals surface area contributed by atoms with E-state index in [0.29, 0.717) is 0 Å². The second kappa shape index (κ2) is 3.91. The molecule has 0 unspecified atom stereocenters. The quantitative estimate of drug-likeness (QED) is 0.464. The summed E-state index contributed by atoms with van der Waals surface area (Å²) in [6.45, 7) is 0. The van der Waals surface area contributed by atoms with E-state index in [-0.39, 0.29) is 12.2 Å². The van der Waals surface area contributed by atoms with E-state index in [2.05, 4.69) is 4.89 Å². The molecule has 0 aromatic rings. The first kappa shape index (κ1) is 7.98. The average Bonchev–Trinajstić information content (AvgIpc) is 1.95. The van der Waals surface area contributed by atoms with Gasteiger partial charge in [-0.3, -0.25) is 0 Å². The summed E-state index contributed by atoms with van der Waals surface area (Å²) in [5.74, 6) is 0. The molecule has 0 aromatic carbocycles. The standard InChI is InChI=1S/C7H14O3/c1-9-10-7-4-2-6(8)3-5-7/h6-8H,2-5H2,1H3. The Balaban J connectivity index is 2.13. The first-order chi connectivity index (χ1) is 4.83. The van der Waals surface area contributed by atoms with Crippen LogP contribution < -0.4 is 0 Å². The molecule has 1 aliphatic rings. The van der Waals surface area contributed by atoms with Crippen molar-refractivity contribution in [3.05, 3.63) is 0 Å². The molecule has 3 heteroatoms. The van der Waals surface area contributed by atoms with Crippen molar-refractivity contribution in [2.75, 3.05) is 7.11 Å². The van der Waals surface area contributed by atoms with E-state index in [9.17, 15) is 0 Å². The van der Waals surface area contributed by atoms with Gasteiger partial charge in [-0.15, -0.1) is 0 Å². The van der Waals surface area contributed by atoms with E-state index in [1.54, 1.807) is 0 Å². The Labute approximate surface area is 60.9 Å². The smallest absolute Gasteiger partial charge is 0.0931 e. The molecule has 0 atom stereocenters. The Kier molecular flexibility index (Phi) is 3.12. The van der Waals surface area contributed by atoms with Crippen LogP contribution in [0.4, 0.5) is 0 Å². The predicted octanol–water partition coefficient (Wildman–Crippen LogP) is 0.868. The summed E-state index contributed by atoms with van der Waals surface area (Å²) in [5, 5.41) is 9.10. The second-order valence-electron chi connectivity index (χ2n) is 2.69. The van der Waals surface area contributed by atoms with Crippen molar-refractivity contribution < 1.29 is 14.9 Å². The lowest BCUT2D eigenvalue weighted by Gasteiger charge is -2.23. The topological polar surface area (TPSA) is 38.7 Å². The molecular formula is C7H14O3. The van der Waals surface area contributed by atoms with E-state index in [0.717, 1.165) is 25.7 Å². The van der Waals surface area contributed by atoms with Gasteiger partial charge >= 0.3 is 0 Å². The van der Waals surface area contributed by atoms with Crippen molar-refractivity contribution in [1.82, 2.24) is 0 Å². The minimum atomic E-state index is -0.114. The zero-order chi connectivity index (χ0) is 7.40. The summed E-state index contributed by atoms with van der Waals surface area (Å²) >= 11 is 0. The van der Waals surface area contributed by atoms with Crippen LogP contribution in [0.2, 0.25) is 0 Å². The molecule has 10 heavy (non-hydrogen) atoms. The first-order valence-electron chi connectivity index (χ1n) is 3.70. The highest BCUT2D eigenvalue weighted by Gasteiger charge is 2.19. The number of aliphatic hydroxyl groups excluding tert-OH is 1. The summed E-state index contributed by atoms with van der Waals surface area (Å²) in [6.07, 6.45) is 3.59. The largest absolute Gasteiger partial charge is 0.393 e. The van der Waals surface area contributed by atoms with Crippen LogP contribution in [-0.4, -0.2) is 24.4 Å². The van der Waals surface area contributed by atoms with Gasteiger partial charge < -0.3 is 5.11 Å². The molecule has 0 bridgehead atoms. The molecule has 1 saturated carbocycles. The summed E-state index contributed by atoms with van der Waals surface area (Å²) in [6, 6.07) is 0. The van der Waals surface area contributed by atoms with Gasteiger partial charge in [0, 0.05) is 0 Å². The minimum absolute atomic E-state index is 0.114. The van der Waals surface area contributed by atoms with Gasteiger partial charge in [0.25, 0.3) is 0 Å². The number of hydrogen-bond donors (Lipinski definition) is 1. The first-order valence-corrected chi connectivity index (χ1v) is 3.70. The fourth-order valence-corrected chi connectivity index (χ4v) is 1.28. The van der Waals surface area contributed by atoms with Gasteiger partial charge in [-0.05, 0) is 25.7 Å². The van der Waals surface area contributed by atoms with Gasteiger partial charge in [-0.25, -0.2) is 9.78 Å². The fourth-order valence-electron chi connectivity index (χ4n) is 1.28. The molecule has 1 aliphatic carbocycles. The highest BCUT2D eigenvalue weighted by atomic mass is 17.2. The average molecular weight is 146 g/mol. The van der Waals surface area contributed by atoms with E-state index in [1.165, 1.54) is 7.11 Å². The van der Waals surface area contributed by atoms with Crippen molar-refractivity contribution >= 4 is 0 Å². The molecule has 0 radical (unpaired) electrons. The number of rotatable bonds is 2. The third-order valence-electron chi connectivity index (χ3n) is 1.88. The lowest BCUT2D eigenvalue weighted by molar-refractivity contribution is -0.311. The summed E-state index contributed by atoms with van der Waals surface area (Å²) < 4.78 is 0. The van der Waals surface area contributed by atoms with E-state index in [4.69, 9.17) is 9.99 Å². The number of aliphatic hydroxyl groups is 1. The van der Waals surface area contributed by atoms with Gasteiger partial charge in [0.2, 0.25) is 0 Å². The lowest BCUT2D eigenvalue weighted by atomic mass is 9.95. The molecule has 0 saturated heterocycles. The van der Waals surface area contributed by atoms with Crippen LogP contribution in [0.3, 0.4) is 0 Å². The Bertz CT molecular complexity index is 86.9. The van der Waals surface area contributed by atoms with Gasteiger partial charge in [0.1, 0.15) is 0 Å². The minimum Gasteiger partial charge on any atom is -0.393 e. The van der Waals surface area contributed by atoms with E-state index < -0.39 is 0 Å². The normalized spacial score (nSPS) is 34.2. The molecule has 0 aromatic heterocycles. The maximum absolute atomic E-state index is 9.10. The van der Waals surface area contributed by atoms with Crippen molar-refractivity contribution in [2.45, 2.75) is 37.9 Å². The molecule has 0 spiro atoms. The Morgan fingerprint density at radius 3 is 2.30 bits per heavy atom. The van der Waals surface area contributed by atoms with Gasteiger partial charge in [0.05, 0.1) is 19.3 Å². The Hall–Kier alpha value is -0.120. The van der Waals surface area contributed by atoms with Crippen molar-refractivity contribution in [2.24, 2.45) is 0 Å². The zero-order valence-electron chi connectivity index (χ0n) is 6.25. The molecule has 0 amide bonds. The third kappa shape index (κ3) is 2.25. The maximum atomic E-state index is 9.10. The second-order valence-corrected chi connectivity index (χ2v) is 2.69. The molecule has 1 fully saturated rings. The van der Waals surface area contributed by atoms with Crippen molar-refractivity contribution in [1.29, 1.82) is 0 Å². The summed E-state index contributed by atoms with van der Waals surface area (Å²) in [7, 11) is 1.52. The highest BCUT2D eigenvalue weighted by Crippen LogP contribution is 2.20. The SMILES string of the molecule is COOC1CCC(O)CC1. The van der Waals surface area contributed by atoms with Crippen LogP contribution in [0.15, 0.2) is 0 Å². The third-order valence-corrected chi connectivity index (χ3v) is 1.88. The van der Waals surface area contributed by atoms with Crippen molar-refractivity contribution in [3.63, 3.8) is 0 Å². The van der Waals surface area contributed by atoms with Crippen LogP contribution in [-0.2, 0) is 9.78 Å². The molecule has 0 heterocycles. The maximum Gasteiger partial charge on any atom is 0.0931 e. The number of hydrogen-bond acceptors (Lipinski definition) is 3. The molecule has 60 valence electrons. The molecule has 1 N–H and O–H groups in total. The molecule has 1 rings (SSSR count). The predicted molar refractivity (Wildman–Crippen MR) is 36.4 cm³/mol. The molecular weight excluding hydrogens is 132 g/mol.